The molecule has 4 N–H and O–H groups in total. The number of carboxylic acids is 2. The van der Waals surface area contributed by atoms with E-state index in [4.69, 9.17) is 15.9 Å². The van der Waals surface area contributed by atoms with Crippen LogP contribution in [0, 0.1) is 5.92 Å². The van der Waals surface area contributed by atoms with Crippen LogP contribution in [-0.2, 0) is 9.59 Å². The van der Waals surface area contributed by atoms with E-state index in [0.717, 1.165) is 6.42 Å². The van der Waals surface area contributed by atoms with Gasteiger partial charge in [-0.15, -0.1) is 0 Å². The summed E-state index contributed by atoms with van der Waals surface area (Å²) >= 11 is 0. The molecule has 0 aliphatic heterocycles. The van der Waals surface area contributed by atoms with Crippen molar-refractivity contribution in [1.82, 2.24) is 0 Å². The fourth-order valence-corrected chi connectivity index (χ4v) is 0.499. The quantitative estimate of drug-likeness (QED) is 0.633. The zero-order chi connectivity index (χ0) is 11.7. The monoisotopic (exact) mass is 205 g/mol. The van der Waals surface area contributed by atoms with E-state index in [0.29, 0.717) is 6.42 Å². The molecule has 0 aliphatic rings. The Bertz CT molecular complexity index is 180. The summed E-state index contributed by atoms with van der Waals surface area (Å²) in [5.74, 6) is -1.62. The molecule has 14 heavy (non-hydrogen) atoms. The van der Waals surface area contributed by atoms with E-state index in [2.05, 4.69) is 0 Å². The molecule has 0 aromatic carbocycles. The largest absolute Gasteiger partial charge is 0.481 e. The predicted octanol–water partition coefficient (Wildman–Crippen LogP) is 0.925. The van der Waals surface area contributed by atoms with E-state index >= 15 is 0 Å². The molecule has 0 fully saturated rings. The summed E-state index contributed by atoms with van der Waals surface area (Å²) in [6.07, 6.45) is 1.02. The lowest BCUT2D eigenvalue weighted by Gasteiger charge is -2.07. The van der Waals surface area contributed by atoms with Crippen LogP contribution in [0.15, 0.2) is 0 Å². The number of carbonyl (C=O) groups is 2. The molecule has 84 valence electrons. The van der Waals surface area contributed by atoms with Gasteiger partial charge in [-0.05, 0) is 12.3 Å². The van der Waals surface area contributed by atoms with Crippen molar-refractivity contribution in [2.45, 2.75) is 39.7 Å². The third kappa shape index (κ3) is 10.9. The highest BCUT2D eigenvalue weighted by Crippen LogP contribution is 1.96. The molecule has 0 saturated carbocycles. The topological polar surface area (TPSA) is 101 Å². The molecular formula is C9H19NO4. The Morgan fingerprint density at radius 1 is 1.29 bits per heavy atom. The minimum absolute atomic E-state index is 0.0208. The molecule has 0 aromatic heterocycles. The molecular weight excluding hydrogens is 186 g/mol. The van der Waals surface area contributed by atoms with Gasteiger partial charge in [0.25, 0.3) is 0 Å². The van der Waals surface area contributed by atoms with Crippen molar-refractivity contribution >= 4 is 11.9 Å². The minimum atomic E-state index is -0.931. The van der Waals surface area contributed by atoms with Crippen molar-refractivity contribution in [2.24, 2.45) is 11.7 Å². The number of hydrogen-bond acceptors (Lipinski definition) is 3. The molecule has 0 saturated heterocycles. The molecule has 0 radical (unpaired) electrons. The van der Waals surface area contributed by atoms with E-state index in [9.17, 15) is 9.59 Å². The summed E-state index contributed by atoms with van der Waals surface area (Å²) < 4.78 is 0. The van der Waals surface area contributed by atoms with Gasteiger partial charge >= 0.3 is 11.9 Å². The normalized spacial score (nSPS) is 11.5. The maximum atomic E-state index is 10.0. The van der Waals surface area contributed by atoms with Gasteiger partial charge in [0.05, 0.1) is 0 Å². The molecule has 0 aliphatic carbocycles. The first-order chi connectivity index (χ1) is 6.32. The van der Waals surface area contributed by atoms with Gasteiger partial charge in [-0.25, -0.2) is 0 Å². The lowest BCUT2D eigenvalue weighted by atomic mass is 10.1. The van der Waals surface area contributed by atoms with Crippen LogP contribution in [0.5, 0.6) is 0 Å². The SMILES string of the molecule is CC(C)C(N)C(=O)O.CCCC(=O)O. The molecule has 1 unspecified atom stereocenters. The van der Waals surface area contributed by atoms with Gasteiger partial charge < -0.3 is 15.9 Å². The number of nitrogens with two attached hydrogens (primary N) is 1. The van der Waals surface area contributed by atoms with Gasteiger partial charge in [-0.1, -0.05) is 20.8 Å². The second-order valence-corrected chi connectivity index (χ2v) is 3.25. The summed E-state index contributed by atoms with van der Waals surface area (Å²) in [6, 6.07) is -0.713. The summed E-state index contributed by atoms with van der Waals surface area (Å²) in [4.78, 5) is 19.6. The highest BCUT2D eigenvalue weighted by Gasteiger charge is 2.14. The van der Waals surface area contributed by atoms with Crippen LogP contribution in [-0.4, -0.2) is 28.2 Å². The average Bonchev–Trinajstić information content (AvgIpc) is 2.03. The van der Waals surface area contributed by atoms with E-state index in [1.807, 2.05) is 6.92 Å². The van der Waals surface area contributed by atoms with Crippen LogP contribution in [0.1, 0.15) is 33.6 Å². The molecule has 0 amide bonds. The maximum absolute atomic E-state index is 10.0. The Hall–Kier alpha value is -1.10. The summed E-state index contributed by atoms with van der Waals surface area (Å²) in [6.45, 7) is 5.39. The fraction of sp³-hybridized carbons (Fsp3) is 0.778. The van der Waals surface area contributed by atoms with Crippen molar-refractivity contribution in [3.63, 3.8) is 0 Å². The molecule has 0 rings (SSSR count). The van der Waals surface area contributed by atoms with E-state index in [1.54, 1.807) is 13.8 Å². The van der Waals surface area contributed by atoms with Gasteiger partial charge in [-0.2, -0.15) is 0 Å². The van der Waals surface area contributed by atoms with Crippen LogP contribution in [0.2, 0.25) is 0 Å². The van der Waals surface area contributed by atoms with Crippen molar-refractivity contribution in [3.8, 4) is 0 Å². The third-order valence-corrected chi connectivity index (χ3v) is 1.47. The maximum Gasteiger partial charge on any atom is 0.320 e. The zero-order valence-electron chi connectivity index (χ0n) is 8.86. The van der Waals surface area contributed by atoms with Crippen molar-refractivity contribution in [1.29, 1.82) is 0 Å². The van der Waals surface area contributed by atoms with Crippen LogP contribution >= 0.6 is 0 Å². The van der Waals surface area contributed by atoms with Gasteiger partial charge in [0.1, 0.15) is 6.04 Å². The van der Waals surface area contributed by atoms with Gasteiger partial charge in [-0.3, -0.25) is 9.59 Å². The standard InChI is InChI=1S/C5H11NO2.C4H8O2/c1-3(2)4(6)5(7)8;1-2-3-4(5)6/h3-4H,6H2,1-2H3,(H,7,8);2-3H2,1H3,(H,5,6). The van der Waals surface area contributed by atoms with Crippen molar-refractivity contribution < 1.29 is 19.8 Å². The van der Waals surface area contributed by atoms with E-state index < -0.39 is 18.0 Å². The Labute approximate surface area is 83.9 Å². The molecule has 0 bridgehead atoms. The first-order valence-corrected chi connectivity index (χ1v) is 4.53. The van der Waals surface area contributed by atoms with Gasteiger partial charge in [0.2, 0.25) is 0 Å². The Kier molecular flexibility index (Phi) is 9.33. The van der Waals surface area contributed by atoms with Gasteiger partial charge in [0, 0.05) is 6.42 Å². The minimum Gasteiger partial charge on any atom is -0.481 e. The highest BCUT2D eigenvalue weighted by atomic mass is 16.4. The molecule has 0 heterocycles. The summed E-state index contributed by atoms with van der Waals surface area (Å²) in [7, 11) is 0. The van der Waals surface area contributed by atoms with Crippen molar-refractivity contribution in [2.75, 3.05) is 0 Å². The first kappa shape index (κ1) is 15.4. The fourth-order valence-electron chi connectivity index (χ4n) is 0.499. The van der Waals surface area contributed by atoms with Crippen LogP contribution in [0.4, 0.5) is 0 Å². The van der Waals surface area contributed by atoms with E-state index in [1.165, 1.54) is 0 Å². The van der Waals surface area contributed by atoms with E-state index in [-0.39, 0.29) is 5.92 Å². The number of hydrogen-bond donors (Lipinski definition) is 3. The Balaban J connectivity index is 0. The predicted molar refractivity (Wildman–Crippen MR) is 53.0 cm³/mol. The number of aliphatic carboxylic acids is 2. The first-order valence-electron chi connectivity index (χ1n) is 4.53. The number of carboxylic acid groups (broad SMARTS) is 2. The second kappa shape index (κ2) is 8.50. The lowest BCUT2D eigenvalue weighted by Crippen LogP contribution is -2.34. The second-order valence-electron chi connectivity index (χ2n) is 3.25. The van der Waals surface area contributed by atoms with Crippen LogP contribution in [0.25, 0.3) is 0 Å². The lowest BCUT2D eigenvalue weighted by molar-refractivity contribution is -0.139. The summed E-state index contributed by atoms with van der Waals surface area (Å²) in [5.41, 5.74) is 5.16. The van der Waals surface area contributed by atoms with Crippen molar-refractivity contribution in [3.05, 3.63) is 0 Å². The van der Waals surface area contributed by atoms with Crippen LogP contribution in [0.3, 0.4) is 0 Å². The number of rotatable bonds is 4. The smallest absolute Gasteiger partial charge is 0.320 e. The molecule has 0 spiro atoms. The zero-order valence-corrected chi connectivity index (χ0v) is 8.86. The molecule has 5 nitrogen and oxygen atoms in total. The van der Waals surface area contributed by atoms with Crippen LogP contribution < -0.4 is 5.73 Å². The highest BCUT2D eigenvalue weighted by molar-refractivity contribution is 5.73. The molecule has 5 heteroatoms. The molecule has 0 aromatic rings. The summed E-state index contributed by atoms with van der Waals surface area (Å²) in [5, 5.41) is 16.1. The Morgan fingerprint density at radius 3 is 1.71 bits per heavy atom. The molecule has 1 atom stereocenters. The Morgan fingerprint density at radius 2 is 1.71 bits per heavy atom. The average molecular weight is 205 g/mol. The van der Waals surface area contributed by atoms with Gasteiger partial charge in [0.15, 0.2) is 0 Å². The third-order valence-electron chi connectivity index (χ3n) is 1.47.